The monoisotopic (exact) mass is 206 g/mol. The van der Waals surface area contributed by atoms with Crippen LogP contribution >= 0.6 is 0 Å². The van der Waals surface area contributed by atoms with Crippen molar-refractivity contribution >= 4 is 5.78 Å². The van der Waals surface area contributed by atoms with Crippen LogP contribution < -0.4 is 0 Å². The van der Waals surface area contributed by atoms with Crippen LogP contribution in [0.4, 0.5) is 0 Å². The van der Waals surface area contributed by atoms with E-state index in [-0.39, 0.29) is 0 Å². The minimum atomic E-state index is 0.302. The van der Waals surface area contributed by atoms with Gasteiger partial charge in [-0.2, -0.15) is 0 Å². The van der Waals surface area contributed by atoms with Gasteiger partial charge in [-0.05, 0) is 25.6 Å². The van der Waals surface area contributed by atoms with Gasteiger partial charge in [-0.3, -0.25) is 14.7 Å². The molecule has 0 N–H and O–H groups in total. The normalized spacial score (nSPS) is 10.6. The van der Waals surface area contributed by atoms with Gasteiger partial charge in [0.2, 0.25) is 0 Å². The highest BCUT2D eigenvalue weighted by Gasteiger charge is 2.06. The molecular formula is C12H18N2O. The van der Waals surface area contributed by atoms with Crippen LogP contribution in [0.2, 0.25) is 0 Å². The molecule has 1 rings (SSSR count). The first-order valence-corrected chi connectivity index (χ1v) is 5.32. The van der Waals surface area contributed by atoms with Crippen molar-refractivity contribution in [3.05, 3.63) is 30.1 Å². The van der Waals surface area contributed by atoms with Gasteiger partial charge < -0.3 is 0 Å². The Hall–Kier alpha value is -1.22. The average molecular weight is 206 g/mol. The number of aromatic nitrogens is 1. The molecule has 3 nitrogen and oxygen atoms in total. The Bertz CT molecular complexity index is 298. The number of pyridine rings is 1. The zero-order chi connectivity index (χ0) is 11.1. The maximum atomic E-state index is 11.4. The second kappa shape index (κ2) is 6.30. The Morgan fingerprint density at radius 1 is 1.47 bits per heavy atom. The summed E-state index contributed by atoms with van der Waals surface area (Å²) in [7, 11) is 1.95. The standard InChI is InChI=1S/C12H18N2O/c1-3-6-12(15)10-14(2)9-11-7-4-5-8-13-11/h4-5,7-8H,3,6,9-10H2,1-2H3. The lowest BCUT2D eigenvalue weighted by Gasteiger charge is -2.14. The van der Waals surface area contributed by atoms with E-state index in [1.54, 1.807) is 6.20 Å². The van der Waals surface area contributed by atoms with Crippen LogP contribution in [0.5, 0.6) is 0 Å². The van der Waals surface area contributed by atoms with E-state index >= 15 is 0 Å². The first kappa shape index (κ1) is 11.9. The summed E-state index contributed by atoms with van der Waals surface area (Å²) in [6.07, 6.45) is 3.37. The van der Waals surface area contributed by atoms with Crippen LogP contribution in [0, 0.1) is 0 Å². The zero-order valence-corrected chi connectivity index (χ0v) is 9.44. The summed E-state index contributed by atoms with van der Waals surface area (Å²) in [5, 5.41) is 0. The van der Waals surface area contributed by atoms with Gasteiger partial charge in [-0.25, -0.2) is 0 Å². The molecule has 15 heavy (non-hydrogen) atoms. The fourth-order valence-electron chi connectivity index (χ4n) is 1.48. The van der Waals surface area contributed by atoms with Crippen molar-refractivity contribution in [1.29, 1.82) is 0 Å². The third-order valence-electron chi connectivity index (χ3n) is 2.13. The number of carbonyl (C=O) groups excluding carboxylic acids is 1. The lowest BCUT2D eigenvalue weighted by molar-refractivity contribution is -0.120. The van der Waals surface area contributed by atoms with Crippen LogP contribution in [0.1, 0.15) is 25.5 Å². The van der Waals surface area contributed by atoms with E-state index < -0.39 is 0 Å². The number of hydrogen-bond donors (Lipinski definition) is 0. The molecule has 0 saturated carbocycles. The topological polar surface area (TPSA) is 33.2 Å². The molecule has 0 fully saturated rings. The van der Waals surface area contributed by atoms with E-state index in [2.05, 4.69) is 4.98 Å². The highest BCUT2D eigenvalue weighted by molar-refractivity contribution is 5.80. The molecule has 1 heterocycles. The number of hydrogen-bond acceptors (Lipinski definition) is 3. The summed E-state index contributed by atoms with van der Waals surface area (Å²) < 4.78 is 0. The quantitative estimate of drug-likeness (QED) is 0.712. The molecule has 1 aromatic heterocycles. The number of rotatable bonds is 6. The molecule has 0 aliphatic rings. The Kier molecular flexibility index (Phi) is 4.98. The molecule has 0 radical (unpaired) electrons. The molecule has 0 atom stereocenters. The Morgan fingerprint density at radius 2 is 2.27 bits per heavy atom. The van der Waals surface area contributed by atoms with Gasteiger partial charge in [0.25, 0.3) is 0 Å². The van der Waals surface area contributed by atoms with Crippen LogP contribution in [0.15, 0.2) is 24.4 Å². The molecule has 0 aliphatic heterocycles. The zero-order valence-electron chi connectivity index (χ0n) is 9.44. The molecule has 3 heteroatoms. The summed E-state index contributed by atoms with van der Waals surface area (Å²) in [4.78, 5) is 17.6. The molecule has 0 amide bonds. The maximum Gasteiger partial charge on any atom is 0.146 e. The van der Waals surface area contributed by atoms with Gasteiger partial charge in [-0.1, -0.05) is 13.0 Å². The Balaban J connectivity index is 2.36. The highest BCUT2D eigenvalue weighted by atomic mass is 16.1. The van der Waals surface area contributed by atoms with Gasteiger partial charge in [0, 0.05) is 19.2 Å². The van der Waals surface area contributed by atoms with Crippen molar-refractivity contribution in [3.8, 4) is 0 Å². The fraction of sp³-hybridized carbons (Fsp3) is 0.500. The predicted octanol–water partition coefficient (Wildman–Crippen LogP) is 1.88. The largest absolute Gasteiger partial charge is 0.298 e. The van der Waals surface area contributed by atoms with Crippen molar-refractivity contribution in [3.63, 3.8) is 0 Å². The number of ketones is 1. The van der Waals surface area contributed by atoms with E-state index in [1.807, 2.05) is 37.1 Å². The minimum absolute atomic E-state index is 0.302. The SMILES string of the molecule is CCCC(=O)CN(C)Cc1ccccn1. The van der Waals surface area contributed by atoms with Gasteiger partial charge in [0.1, 0.15) is 5.78 Å². The molecule has 1 aromatic rings. The molecule has 0 bridgehead atoms. The molecule has 0 unspecified atom stereocenters. The van der Waals surface area contributed by atoms with Gasteiger partial charge in [0.05, 0.1) is 12.2 Å². The molecule has 0 saturated heterocycles. The maximum absolute atomic E-state index is 11.4. The van der Waals surface area contributed by atoms with Crippen molar-refractivity contribution in [1.82, 2.24) is 9.88 Å². The number of Topliss-reactive ketones (excluding diaryl/α,β-unsaturated/α-hetero) is 1. The Labute approximate surface area is 91.1 Å². The number of nitrogens with zero attached hydrogens (tertiary/aromatic N) is 2. The summed E-state index contributed by atoms with van der Waals surface area (Å²) in [6.45, 7) is 3.28. The Morgan fingerprint density at radius 3 is 2.87 bits per heavy atom. The number of carbonyl (C=O) groups is 1. The highest BCUT2D eigenvalue weighted by Crippen LogP contribution is 1.99. The van der Waals surface area contributed by atoms with Crippen LogP contribution in [-0.4, -0.2) is 29.3 Å². The fourth-order valence-corrected chi connectivity index (χ4v) is 1.48. The molecule has 82 valence electrons. The van der Waals surface area contributed by atoms with Crippen molar-refractivity contribution in [2.45, 2.75) is 26.3 Å². The van der Waals surface area contributed by atoms with Crippen molar-refractivity contribution in [2.75, 3.05) is 13.6 Å². The van der Waals surface area contributed by atoms with Crippen molar-refractivity contribution < 1.29 is 4.79 Å². The summed E-state index contributed by atoms with van der Waals surface area (Å²) in [5.74, 6) is 0.302. The molecule has 0 aliphatic carbocycles. The average Bonchev–Trinajstić information content (AvgIpc) is 2.19. The predicted molar refractivity (Wildman–Crippen MR) is 60.5 cm³/mol. The van der Waals surface area contributed by atoms with E-state index in [0.29, 0.717) is 18.7 Å². The summed E-state index contributed by atoms with van der Waals surface area (Å²) >= 11 is 0. The van der Waals surface area contributed by atoms with E-state index in [0.717, 1.165) is 18.7 Å². The summed E-state index contributed by atoms with van der Waals surface area (Å²) in [5.41, 5.74) is 1.00. The third kappa shape index (κ3) is 4.70. The van der Waals surface area contributed by atoms with E-state index in [9.17, 15) is 4.79 Å². The first-order chi connectivity index (χ1) is 7.22. The summed E-state index contributed by atoms with van der Waals surface area (Å²) in [6, 6.07) is 5.83. The lowest BCUT2D eigenvalue weighted by Crippen LogP contribution is -2.25. The third-order valence-corrected chi connectivity index (χ3v) is 2.13. The minimum Gasteiger partial charge on any atom is -0.298 e. The van der Waals surface area contributed by atoms with Gasteiger partial charge >= 0.3 is 0 Å². The molecule has 0 aromatic carbocycles. The second-order valence-corrected chi connectivity index (χ2v) is 3.78. The van der Waals surface area contributed by atoms with Gasteiger partial charge in [-0.15, -0.1) is 0 Å². The number of likely N-dealkylation sites (N-methyl/N-ethyl adjacent to an activating group) is 1. The lowest BCUT2D eigenvalue weighted by atomic mass is 10.2. The van der Waals surface area contributed by atoms with Crippen molar-refractivity contribution in [2.24, 2.45) is 0 Å². The van der Waals surface area contributed by atoms with Crippen LogP contribution in [0.25, 0.3) is 0 Å². The van der Waals surface area contributed by atoms with Crippen LogP contribution in [0.3, 0.4) is 0 Å². The second-order valence-electron chi connectivity index (χ2n) is 3.78. The van der Waals surface area contributed by atoms with Crippen LogP contribution in [-0.2, 0) is 11.3 Å². The molecule has 0 spiro atoms. The first-order valence-electron chi connectivity index (χ1n) is 5.32. The smallest absolute Gasteiger partial charge is 0.146 e. The molecular weight excluding hydrogens is 188 g/mol. The van der Waals surface area contributed by atoms with Gasteiger partial charge in [0.15, 0.2) is 0 Å². The van der Waals surface area contributed by atoms with E-state index in [4.69, 9.17) is 0 Å². The van der Waals surface area contributed by atoms with E-state index in [1.165, 1.54) is 0 Å².